The first-order valence-electron chi connectivity index (χ1n) is 13.1. The molecule has 5 heteroatoms. The van der Waals surface area contributed by atoms with Gasteiger partial charge in [-0.05, 0) is 72.8 Å². The Labute approximate surface area is 207 Å². The van der Waals surface area contributed by atoms with Crippen LogP contribution in [0.4, 0.5) is 0 Å². The topological polar surface area (TPSA) is 67.3 Å². The number of H-pyrrole nitrogens is 1. The average molecular weight is 466 g/mol. The van der Waals surface area contributed by atoms with E-state index in [2.05, 4.69) is 73.0 Å². The van der Waals surface area contributed by atoms with E-state index in [0.717, 1.165) is 63.5 Å². The van der Waals surface area contributed by atoms with Crippen molar-refractivity contribution in [1.82, 2.24) is 24.9 Å². The predicted molar refractivity (Wildman–Crippen MR) is 141 cm³/mol. The minimum Gasteiger partial charge on any atom is -0.345 e. The molecular weight excluding hydrogens is 430 g/mol. The fourth-order valence-corrected chi connectivity index (χ4v) is 6.53. The fraction of sp³-hybridized carbons (Fsp3) is 0.467. The molecule has 3 aromatic heterocycles. The minimum atomic E-state index is 0.126. The van der Waals surface area contributed by atoms with Crippen LogP contribution in [0.3, 0.4) is 0 Å². The highest BCUT2D eigenvalue weighted by atomic mass is 14.9. The molecule has 3 heterocycles. The Hall–Kier alpha value is -3.08. The van der Waals surface area contributed by atoms with Gasteiger partial charge in [-0.2, -0.15) is 0 Å². The average Bonchev–Trinajstić information content (AvgIpc) is 3.30. The number of nitrogens with one attached hydrogen (secondary N) is 1. The Bertz CT molecular complexity index is 1340. The first kappa shape index (κ1) is 22.4. The maximum Gasteiger partial charge on any atom is 0.162 e. The largest absolute Gasteiger partial charge is 0.345 e. The molecule has 2 bridgehead atoms. The highest BCUT2D eigenvalue weighted by Gasteiger charge is 2.41. The van der Waals surface area contributed by atoms with Gasteiger partial charge in [-0.1, -0.05) is 52.0 Å². The van der Waals surface area contributed by atoms with Crippen molar-refractivity contribution in [2.75, 3.05) is 0 Å². The van der Waals surface area contributed by atoms with Crippen molar-refractivity contribution in [2.45, 2.75) is 65.2 Å². The Kier molecular flexibility index (Phi) is 5.46. The molecule has 0 spiro atoms. The predicted octanol–water partition coefficient (Wildman–Crippen LogP) is 6.99. The summed E-state index contributed by atoms with van der Waals surface area (Å²) in [7, 11) is 0. The lowest BCUT2D eigenvalue weighted by atomic mass is 9.58. The first-order valence-corrected chi connectivity index (χ1v) is 13.1. The summed E-state index contributed by atoms with van der Waals surface area (Å²) >= 11 is 0. The summed E-state index contributed by atoms with van der Waals surface area (Å²) in [5, 5.41) is 0.962. The van der Waals surface area contributed by atoms with Gasteiger partial charge in [-0.3, -0.25) is 0 Å². The highest BCUT2D eigenvalue weighted by Crippen LogP contribution is 2.49. The van der Waals surface area contributed by atoms with Crippen molar-refractivity contribution in [3.05, 3.63) is 60.3 Å². The number of aromatic amines is 1. The smallest absolute Gasteiger partial charge is 0.162 e. The van der Waals surface area contributed by atoms with E-state index in [1.165, 1.54) is 31.2 Å². The Morgan fingerprint density at radius 2 is 1.71 bits per heavy atom. The number of benzene rings is 1. The van der Waals surface area contributed by atoms with Crippen molar-refractivity contribution in [3.8, 4) is 22.6 Å². The van der Waals surface area contributed by atoms with Gasteiger partial charge >= 0.3 is 0 Å². The molecule has 0 radical (unpaired) electrons. The molecule has 0 saturated heterocycles. The van der Waals surface area contributed by atoms with Gasteiger partial charge in [0.05, 0.1) is 5.69 Å². The van der Waals surface area contributed by atoms with Crippen LogP contribution in [0.25, 0.3) is 33.7 Å². The molecule has 2 unspecified atom stereocenters. The van der Waals surface area contributed by atoms with Crippen LogP contribution in [-0.4, -0.2) is 24.9 Å². The lowest BCUT2D eigenvalue weighted by Crippen LogP contribution is -2.39. The zero-order valence-corrected chi connectivity index (χ0v) is 21.3. The van der Waals surface area contributed by atoms with Gasteiger partial charge in [0.1, 0.15) is 12.0 Å². The number of fused-ring (bicyclic) bond motifs is 4. The van der Waals surface area contributed by atoms with Crippen LogP contribution in [-0.2, 0) is 11.8 Å². The molecule has 2 atom stereocenters. The summed E-state index contributed by atoms with van der Waals surface area (Å²) < 4.78 is 0. The number of hydrogen-bond acceptors (Lipinski definition) is 4. The standard InChI is InChI=1S/C30H35N5/c1-18-19-5-7-20(8-6-19)24(18)13-23-14-27(21-9-11-22(12-10-21)30(2,3)4)35-29(34-23)26-16-32-28-25(26)15-31-17-33-28/h9-12,14-20,24H,5-8,13H2,1-4H3,(H,31,32,33). The van der Waals surface area contributed by atoms with E-state index >= 15 is 0 Å². The van der Waals surface area contributed by atoms with Gasteiger partial charge in [0.25, 0.3) is 0 Å². The van der Waals surface area contributed by atoms with Crippen LogP contribution in [0, 0.1) is 23.7 Å². The van der Waals surface area contributed by atoms with E-state index in [4.69, 9.17) is 9.97 Å². The molecule has 35 heavy (non-hydrogen) atoms. The summed E-state index contributed by atoms with van der Waals surface area (Å²) in [5.74, 6) is 3.97. The van der Waals surface area contributed by atoms with Crippen molar-refractivity contribution in [1.29, 1.82) is 0 Å². The molecule has 0 amide bonds. The highest BCUT2D eigenvalue weighted by molar-refractivity contribution is 5.91. The minimum absolute atomic E-state index is 0.126. The third kappa shape index (κ3) is 4.15. The first-order chi connectivity index (χ1) is 16.9. The maximum absolute atomic E-state index is 5.13. The van der Waals surface area contributed by atoms with Gasteiger partial charge in [-0.15, -0.1) is 0 Å². The number of nitrogens with zero attached hydrogens (tertiary/aromatic N) is 4. The van der Waals surface area contributed by atoms with Gasteiger partial charge in [0, 0.05) is 34.6 Å². The molecule has 7 rings (SSSR count). The van der Waals surface area contributed by atoms with E-state index in [1.807, 2.05) is 12.4 Å². The molecule has 0 aliphatic heterocycles. The van der Waals surface area contributed by atoms with Gasteiger partial charge in [-0.25, -0.2) is 19.9 Å². The molecule has 3 saturated carbocycles. The van der Waals surface area contributed by atoms with Crippen molar-refractivity contribution in [2.24, 2.45) is 23.7 Å². The number of aromatic nitrogens is 5. The van der Waals surface area contributed by atoms with Crippen molar-refractivity contribution >= 4 is 11.0 Å². The second-order valence-electron chi connectivity index (χ2n) is 11.8. The molecule has 3 aliphatic rings. The van der Waals surface area contributed by atoms with Crippen LogP contribution >= 0.6 is 0 Å². The van der Waals surface area contributed by atoms with Crippen LogP contribution in [0.1, 0.15) is 64.6 Å². The summed E-state index contributed by atoms with van der Waals surface area (Å²) in [6.45, 7) is 9.23. The van der Waals surface area contributed by atoms with E-state index in [1.54, 1.807) is 6.33 Å². The van der Waals surface area contributed by atoms with Crippen LogP contribution in [0.15, 0.2) is 49.1 Å². The lowest BCUT2D eigenvalue weighted by Gasteiger charge is -2.47. The molecule has 180 valence electrons. The maximum atomic E-state index is 5.13. The second kappa shape index (κ2) is 8.54. The fourth-order valence-electron chi connectivity index (χ4n) is 6.53. The van der Waals surface area contributed by atoms with Gasteiger partial charge < -0.3 is 4.98 Å². The quantitative estimate of drug-likeness (QED) is 0.352. The zero-order valence-electron chi connectivity index (χ0n) is 21.3. The molecule has 5 nitrogen and oxygen atoms in total. The third-order valence-electron chi connectivity index (χ3n) is 8.71. The van der Waals surface area contributed by atoms with Crippen LogP contribution in [0.2, 0.25) is 0 Å². The van der Waals surface area contributed by atoms with E-state index in [-0.39, 0.29) is 5.41 Å². The summed E-state index contributed by atoms with van der Waals surface area (Å²) in [5.41, 5.74) is 6.52. The summed E-state index contributed by atoms with van der Waals surface area (Å²) in [6.07, 6.45) is 12.0. The lowest BCUT2D eigenvalue weighted by molar-refractivity contribution is 0.0339. The van der Waals surface area contributed by atoms with E-state index in [9.17, 15) is 0 Å². The molecular formula is C30H35N5. The number of rotatable bonds is 4. The molecule has 4 aromatic rings. The van der Waals surface area contributed by atoms with Crippen molar-refractivity contribution in [3.63, 3.8) is 0 Å². The Morgan fingerprint density at radius 3 is 2.43 bits per heavy atom. The normalized spacial score (nSPS) is 24.2. The Morgan fingerprint density at radius 1 is 0.971 bits per heavy atom. The Balaban J connectivity index is 1.43. The zero-order chi connectivity index (χ0) is 24.2. The molecule has 3 aliphatic carbocycles. The number of hydrogen-bond donors (Lipinski definition) is 1. The molecule has 3 fully saturated rings. The van der Waals surface area contributed by atoms with Crippen molar-refractivity contribution < 1.29 is 0 Å². The molecule has 1 N–H and O–H groups in total. The SMILES string of the molecule is CC1C2CCC(CC2)C1Cc1cc(-c2ccc(C(C)(C)C)cc2)nc(-c2c[nH]c3ncncc23)n1. The van der Waals surface area contributed by atoms with Gasteiger partial charge in [0.15, 0.2) is 5.82 Å². The third-order valence-corrected chi connectivity index (χ3v) is 8.71. The van der Waals surface area contributed by atoms with Gasteiger partial charge in [0.2, 0.25) is 0 Å². The molecule has 1 aromatic carbocycles. The van der Waals surface area contributed by atoms with E-state index < -0.39 is 0 Å². The van der Waals surface area contributed by atoms with Crippen LogP contribution < -0.4 is 0 Å². The van der Waals surface area contributed by atoms with E-state index in [0.29, 0.717) is 5.92 Å². The van der Waals surface area contributed by atoms with Crippen LogP contribution in [0.5, 0.6) is 0 Å². The summed E-state index contributed by atoms with van der Waals surface area (Å²) in [4.78, 5) is 22.1. The summed E-state index contributed by atoms with van der Waals surface area (Å²) in [6, 6.07) is 11.1. The monoisotopic (exact) mass is 465 g/mol. The second-order valence-corrected chi connectivity index (χ2v) is 11.8.